The summed E-state index contributed by atoms with van der Waals surface area (Å²) in [5.41, 5.74) is 1.31. The van der Waals surface area contributed by atoms with Crippen molar-refractivity contribution in [3.63, 3.8) is 0 Å². The summed E-state index contributed by atoms with van der Waals surface area (Å²) in [6.45, 7) is 2.15. The van der Waals surface area contributed by atoms with E-state index in [1.807, 2.05) is 30.3 Å². The summed E-state index contributed by atoms with van der Waals surface area (Å²) in [6.07, 6.45) is 2.13. The molecule has 0 aliphatic carbocycles. The van der Waals surface area contributed by atoms with Gasteiger partial charge in [-0.1, -0.05) is 37.3 Å². The molecule has 0 saturated carbocycles. The SMILES string of the molecule is CCC(Cc1ccccc1)Oc1ccc(OC)cc1. The summed E-state index contributed by atoms with van der Waals surface area (Å²) in [5.74, 6) is 1.74. The monoisotopic (exact) mass is 256 g/mol. The minimum atomic E-state index is 0.204. The van der Waals surface area contributed by atoms with Gasteiger partial charge in [0.2, 0.25) is 0 Å². The molecule has 0 spiro atoms. The Bertz CT molecular complexity index is 476. The maximum Gasteiger partial charge on any atom is 0.120 e. The van der Waals surface area contributed by atoms with Crippen LogP contribution in [-0.4, -0.2) is 13.2 Å². The quantitative estimate of drug-likeness (QED) is 0.775. The van der Waals surface area contributed by atoms with Gasteiger partial charge in [0.15, 0.2) is 0 Å². The first kappa shape index (κ1) is 13.5. The molecule has 0 aromatic heterocycles. The van der Waals surface area contributed by atoms with Crippen molar-refractivity contribution in [2.24, 2.45) is 0 Å². The van der Waals surface area contributed by atoms with Gasteiger partial charge in [-0.05, 0) is 36.2 Å². The van der Waals surface area contributed by atoms with Crippen LogP contribution in [0.15, 0.2) is 54.6 Å². The predicted molar refractivity (Wildman–Crippen MR) is 77.8 cm³/mol. The van der Waals surface area contributed by atoms with Crippen molar-refractivity contribution in [2.45, 2.75) is 25.9 Å². The lowest BCUT2D eigenvalue weighted by Crippen LogP contribution is -2.18. The van der Waals surface area contributed by atoms with Crippen molar-refractivity contribution < 1.29 is 9.47 Å². The van der Waals surface area contributed by atoms with Gasteiger partial charge in [-0.15, -0.1) is 0 Å². The second-order valence-electron chi connectivity index (χ2n) is 4.51. The van der Waals surface area contributed by atoms with Crippen LogP contribution in [0.1, 0.15) is 18.9 Å². The summed E-state index contributed by atoms with van der Waals surface area (Å²) in [5, 5.41) is 0. The standard InChI is InChI=1S/C17H20O2/c1-3-15(13-14-7-5-4-6-8-14)19-17-11-9-16(18-2)10-12-17/h4-12,15H,3,13H2,1-2H3. The van der Waals surface area contributed by atoms with E-state index in [9.17, 15) is 0 Å². The maximum absolute atomic E-state index is 6.01. The van der Waals surface area contributed by atoms with E-state index < -0.39 is 0 Å². The van der Waals surface area contributed by atoms with Crippen molar-refractivity contribution in [3.8, 4) is 11.5 Å². The molecule has 1 unspecified atom stereocenters. The Morgan fingerprint density at radius 1 is 0.895 bits per heavy atom. The van der Waals surface area contributed by atoms with E-state index in [-0.39, 0.29) is 6.10 Å². The molecule has 0 aliphatic rings. The lowest BCUT2D eigenvalue weighted by molar-refractivity contribution is 0.197. The third-order valence-corrected chi connectivity index (χ3v) is 3.12. The van der Waals surface area contributed by atoms with Crippen LogP contribution in [0.2, 0.25) is 0 Å². The molecule has 1 atom stereocenters. The average molecular weight is 256 g/mol. The van der Waals surface area contributed by atoms with Gasteiger partial charge < -0.3 is 9.47 Å². The molecule has 0 fully saturated rings. The molecule has 2 rings (SSSR count). The normalized spacial score (nSPS) is 11.9. The van der Waals surface area contributed by atoms with Crippen LogP contribution in [0.5, 0.6) is 11.5 Å². The Kier molecular flexibility index (Phi) is 4.85. The van der Waals surface area contributed by atoms with Crippen molar-refractivity contribution in [2.75, 3.05) is 7.11 Å². The number of benzene rings is 2. The van der Waals surface area contributed by atoms with Crippen molar-refractivity contribution in [1.82, 2.24) is 0 Å². The molecule has 2 aromatic rings. The number of hydrogen-bond donors (Lipinski definition) is 0. The molecular formula is C17H20O2. The van der Waals surface area contributed by atoms with Crippen LogP contribution in [0.3, 0.4) is 0 Å². The Morgan fingerprint density at radius 3 is 2.11 bits per heavy atom. The van der Waals surface area contributed by atoms with Crippen LogP contribution < -0.4 is 9.47 Å². The second-order valence-corrected chi connectivity index (χ2v) is 4.51. The summed E-state index contributed by atoms with van der Waals surface area (Å²) < 4.78 is 11.2. The minimum Gasteiger partial charge on any atom is -0.497 e. The highest BCUT2D eigenvalue weighted by atomic mass is 16.5. The Morgan fingerprint density at radius 2 is 1.53 bits per heavy atom. The zero-order chi connectivity index (χ0) is 13.5. The molecule has 2 heteroatoms. The highest BCUT2D eigenvalue weighted by molar-refractivity contribution is 5.31. The van der Waals surface area contributed by atoms with Gasteiger partial charge in [-0.25, -0.2) is 0 Å². The van der Waals surface area contributed by atoms with Gasteiger partial charge in [-0.2, -0.15) is 0 Å². The van der Waals surface area contributed by atoms with Crippen LogP contribution >= 0.6 is 0 Å². The largest absolute Gasteiger partial charge is 0.497 e. The van der Waals surface area contributed by atoms with Crippen molar-refractivity contribution in [1.29, 1.82) is 0 Å². The summed E-state index contributed by atoms with van der Waals surface area (Å²) in [4.78, 5) is 0. The van der Waals surface area contributed by atoms with E-state index in [4.69, 9.17) is 9.47 Å². The smallest absolute Gasteiger partial charge is 0.120 e. The molecular weight excluding hydrogens is 236 g/mol. The zero-order valence-electron chi connectivity index (χ0n) is 11.5. The lowest BCUT2D eigenvalue weighted by Gasteiger charge is -2.18. The van der Waals surface area contributed by atoms with Crippen LogP contribution in [-0.2, 0) is 6.42 Å². The molecule has 0 N–H and O–H groups in total. The molecule has 2 aromatic carbocycles. The fraction of sp³-hybridized carbons (Fsp3) is 0.294. The first-order valence-electron chi connectivity index (χ1n) is 6.66. The number of methoxy groups -OCH3 is 1. The summed E-state index contributed by atoms with van der Waals surface area (Å²) >= 11 is 0. The van der Waals surface area contributed by atoms with Crippen molar-refractivity contribution >= 4 is 0 Å². The number of rotatable bonds is 6. The van der Waals surface area contributed by atoms with Crippen LogP contribution in [0, 0.1) is 0 Å². The van der Waals surface area contributed by atoms with Crippen LogP contribution in [0.25, 0.3) is 0 Å². The fourth-order valence-electron chi connectivity index (χ4n) is 1.99. The molecule has 0 heterocycles. The summed E-state index contributed by atoms with van der Waals surface area (Å²) in [7, 11) is 1.67. The second kappa shape index (κ2) is 6.83. The Hall–Kier alpha value is -1.96. The molecule has 0 amide bonds. The topological polar surface area (TPSA) is 18.5 Å². The third kappa shape index (κ3) is 4.02. The first-order chi connectivity index (χ1) is 9.31. The van der Waals surface area contributed by atoms with E-state index in [0.717, 1.165) is 24.3 Å². The molecule has 100 valence electrons. The van der Waals surface area contributed by atoms with Gasteiger partial charge in [0, 0.05) is 6.42 Å². The van der Waals surface area contributed by atoms with E-state index >= 15 is 0 Å². The third-order valence-electron chi connectivity index (χ3n) is 3.12. The Balaban J connectivity index is 1.98. The average Bonchev–Trinajstić information content (AvgIpc) is 2.48. The van der Waals surface area contributed by atoms with Gasteiger partial charge >= 0.3 is 0 Å². The van der Waals surface area contributed by atoms with E-state index in [1.54, 1.807) is 7.11 Å². The molecule has 0 bridgehead atoms. The zero-order valence-corrected chi connectivity index (χ0v) is 11.5. The van der Waals surface area contributed by atoms with Gasteiger partial charge in [-0.3, -0.25) is 0 Å². The van der Waals surface area contributed by atoms with Crippen molar-refractivity contribution in [3.05, 3.63) is 60.2 Å². The molecule has 19 heavy (non-hydrogen) atoms. The number of ether oxygens (including phenoxy) is 2. The molecule has 0 saturated heterocycles. The highest BCUT2D eigenvalue weighted by Gasteiger charge is 2.09. The lowest BCUT2D eigenvalue weighted by atomic mass is 10.1. The molecule has 0 radical (unpaired) electrons. The molecule has 0 aliphatic heterocycles. The van der Waals surface area contributed by atoms with E-state index in [1.165, 1.54) is 5.56 Å². The number of hydrogen-bond acceptors (Lipinski definition) is 2. The van der Waals surface area contributed by atoms with Gasteiger partial charge in [0.05, 0.1) is 7.11 Å². The summed E-state index contributed by atoms with van der Waals surface area (Å²) in [6, 6.07) is 18.2. The fourth-order valence-corrected chi connectivity index (χ4v) is 1.99. The van der Waals surface area contributed by atoms with E-state index in [0.29, 0.717) is 0 Å². The first-order valence-corrected chi connectivity index (χ1v) is 6.66. The van der Waals surface area contributed by atoms with Crippen LogP contribution in [0.4, 0.5) is 0 Å². The van der Waals surface area contributed by atoms with Gasteiger partial charge in [0.1, 0.15) is 17.6 Å². The predicted octanol–water partition coefficient (Wildman–Crippen LogP) is 4.10. The van der Waals surface area contributed by atoms with E-state index in [2.05, 4.69) is 31.2 Å². The maximum atomic E-state index is 6.01. The Labute approximate surface area is 115 Å². The van der Waals surface area contributed by atoms with Gasteiger partial charge in [0.25, 0.3) is 0 Å². The molecule has 2 nitrogen and oxygen atoms in total. The highest BCUT2D eigenvalue weighted by Crippen LogP contribution is 2.20. The minimum absolute atomic E-state index is 0.204.